The minimum atomic E-state index is -0.473. The lowest BCUT2D eigenvalue weighted by molar-refractivity contribution is 0.0529. The molecule has 1 fully saturated rings. The average molecular weight is 483 g/mol. The van der Waals surface area contributed by atoms with E-state index >= 15 is 0 Å². The van der Waals surface area contributed by atoms with Crippen LogP contribution < -0.4 is 16.0 Å². The number of carbonyl (C=O) groups excluding carboxylic acids is 1. The molecule has 1 heterocycles. The lowest BCUT2D eigenvalue weighted by Gasteiger charge is -2.35. The Hall–Kier alpha value is -0.770. The molecule has 0 saturated carbocycles. The number of ether oxygens (including phenoxy) is 1. The Kier molecular flexibility index (Phi) is 12.2. The summed E-state index contributed by atoms with van der Waals surface area (Å²) in [5.74, 6) is 1.42. The highest BCUT2D eigenvalue weighted by molar-refractivity contribution is 14.0. The molecule has 26 heavy (non-hydrogen) atoms. The van der Waals surface area contributed by atoms with E-state index in [0.29, 0.717) is 25.0 Å². The zero-order valence-corrected chi connectivity index (χ0v) is 19.6. The predicted molar refractivity (Wildman–Crippen MR) is 118 cm³/mol. The zero-order chi connectivity index (χ0) is 18.9. The summed E-state index contributed by atoms with van der Waals surface area (Å²) in [4.78, 5) is 18.4. The Balaban J connectivity index is 0.00000625. The van der Waals surface area contributed by atoms with Crippen LogP contribution in [0.4, 0.5) is 4.79 Å². The van der Waals surface area contributed by atoms with E-state index in [1.54, 1.807) is 7.05 Å². The van der Waals surface area contributed by atoms with Gasteiger partial charge in [-0.1, -0.05) is 0 Å². The summed E-state index contributed by atoms with van der Waals surface area (Å²) in [5, 5.41) is 9.34. The first kappa shape index (κ1) is 25.2. The molecule has 0 aliphatic carbocycles. The predicted octanol–water partition coefficient (Wildman–Crippen LogP) is 2.41. The number of guanidine groups is 1. The van der Waals surface area contributed by atoms with Crippen molar-refractivity contribution in [2.75, 3.05) is 39.8 Å². The minimum Gasteiger partial charge on any atom is -0.444 e. The molecule has 1 amide bonds. The van der Waals surface area contributed by atoms with Crippen LogP contribution in [0.15, 0.2) is 4.99 Å². The van der Waals surface area contributed by atoms with Crippen LogP contribution in [-0.4, -0.2) is 68.4 Å². The minimum absolute atomic E-state index is 0. The number of halogens is 1. The molecule has 7 nitrogen and oxygen atoms in total. The summed E-state index contributed by atoms with van der Waals surface area (Å²) in [6.45, 7) is 14.4. The summed E-state index contributed by atoms with van der Waals surface area (Å²) in [5.41, 5.74) is -0.473. The molecular formula is C18H38IN5O2. The largest absolute Gasteiger partial charge is 0.444 e. The van der Waals surface area contributed by atoms with E-state index in [1.165, 1.54) is 19.4 Å². The molecule has 154 valence electrons. The number of amides is 1. The second-order valence-corrected chi connectivity index (χ2v) is 7.91. The molecular weight excluding hydrogens is 445 g/mol. The molecule has 0 bridgehead atoms. The van der Waals surface area contributed by atoms with Gasteiger partial charge in [0.05, 0.1) is 0 Å². The molecule has 0 spiro atoms. The summed E-state index contributed by atoms with van der Waals surface area (Å²) < 4.78 is 5.20. The van der Waals surface area contributed by atoms with Crippen molar-refractivity contribution in [1.82, 2.24) is 20.9 Å². The van der Waals surface area contributed by atoms with Crippen molar-refractivity contribution in [3.63, 3.8) is 0 Å². The van der Waals surface area contributed by atoms with Crippen molar-refractivity contribution < 1.29 is 9.53 Å². The van der Waals surface area contributed by atoms with E-state index in [2.05, 4.69) is 39.7 Å². The number of hydrogen-bond acceptors (Lipinski definition) is 4. The third-order valence-corrected chi connectivity index (χ3v) is 4.15. The Labute approximate surface area is 176 Å². The topological polar surface area (TPSA) is 78.0 Å². The third-order valence-electron chi connectivity index (χ3n) is 4.15. The molecule has 3 N–H and O–H groups in total. The van der Waals surface area contributed by atoms with Gasteiger partial charge >= 0.3 is 6.09 Å². The standard InChI is InChI=1S/C18H37N5O2.HI/c1-14(2)23-11-7-8-15(13-23)12-22-16(19-6)20-9-10-21-17(24)25-18(3,4)5;/h14-15H,7-13H2,1-6H3,(H,21,24)(H2,19,20,22);1H. The normalized spacial score (nSPS) is 18.9. The van der Waals surface area contributed by atoms with Gasteiger partial charge in [-0.05, 0) is 59.9 Å². The van der Waals surface area contributed by atoms with Crippen molar-refractivity contribution in [2.45, 2.75) is 59.1 Å². The summed E-state index contributed by atoms with van der Waals surface area (Å²) >= 11 is 0. The van der Waals surface area contributed by atoms with E-state index in [0.717, 1.165) is 19.0 Å². The second kappa shape index (κ2) is 12.6. The molecule has 1 saturated heterocycles. The summed E-state index contributed by atoms with van der Waals surface area (Å²) in [6.07, 6.45) is 2.12. The number of nitrogens with zero attached hydrogens (tertiary/aromatic N) is 2. The van der Waals surface area contributed by atoms with Crippen LogP contribution in [-0.2, 0) is 4.74 Å². The number of nitrogens with one attached hydrogen (secondary N) is 3. The molecule has 0 aromatic carbocycles. The number of likely N-dealkylation sites (tertiary alicyclic amines) is 1. The smallest absolute Gasteiger partial charge is 0.407 e. The summed E-state index contributed by atoms with van der Waals surface area (Å²) in [7, 11) is 1.76. The molecule has 1 aliphatic rings. The Bertz CT molecular complexity index is 438. The number of aliphatic imine (C=N–C) groups is 1. The fourth-order valence-electron chi connectivity index (χ4n) is 2.85. The fraction of sp³-hybridized carbons (Fsp3) is 0.889. The lowest BCUT2D eigenvalue weighted by Crippen LogP contribution is -2.47. The number of hydrogen-bond donors (Lipinski definition) is 3. The van der Waals surface area contributed by atoms with Gasteiger partial charge in [-0.25, -0.2) is 4.79 Å². The van der Waals surface area contributed by atoms with Crippen molar-refractivity contribution in [2.24, 2.45) is 10.9 Å². The first-order valence-corrected chi connectivity index (χ1v) is 9.36. The van der Waals surface area contributed by atoms with Gasteiger partial charge in [-0.15, -0.1) is 24.0 Å². The quantitative estimate of drug-likeness (QED) is 0.234. The summed E-state index contributed by atoms with van der Waals surface area (Å²) in [6, 6.07) is 0.610. The monoisotopic (exact) mass is 483 g/mol. The van der Waals surface area contributed by atoms with Gasteiger partial charge in [0, 0.05) is 39.3 Å². The van der Waals surface area contributed by atoms with Gasteiger partial charge in [0.1, 0.15) is 5.60 Å². The number of carbonyl (C=O) groups is 1. The molecule has 8 heteroatoms. The molecule has 1 atom stereocenters. The second-order valence-electron chi connectivity index (χ2n) is 7.91. The maximum Gasteiger partial charge on any atom is 0.407 e. The number of piperidine rings is 1. The lowest BCUT2D eigenvalue weighted by atomic mass is 9.97. The van der Waals surface area contributed by atoms with E-state index in [9.17, 15) is 4.79 Å². The number of alkyl carbamates (subject to hydrolysis) is 1. The molecule has 0 aromatic heterocycles. The van der Waals surface area contributed by atoms with Crippen molar-refractivity contribution in [3.8, 4) is 0 Å². The van der Waals surface area contributed by atoms with Crippen LogP contribution in [0.25, 0.3) is 0 Å². The first-order chi connectivity index (χ1) is 11.7. The van der Waals surface area contributed by atoms with Crippen LogP contribution in [0.2, 0.25) is 0 Å². The average Bonchev–Trinajstić information content (AvgIpc) is 2.52. The first-order valence-electron chi connectivity index (χ1n) is 9.36. The SMILES string of the molecule is CN=C(NCCNC(=O)OC(C)(C)C)NCC1CCCN(C(C)C)C1.I. The van der Waals surface area contributed by atoms with Crippen LogP contribution in [0.3, 0.4) is 0 Å². The Morgan fingerprint density at radius 2 is 1.88 bits per heavy atom. The van der Waals surface area contributed by atoms with Crippen LogP contribution >= 0.6 is 24.0 Å². The van der Waals surface area contributed by atoms with E-state index in [1.807, 2.05) is 20.8 Å². The maximum atomic E-state index is 11.6. The fourth-order valence-corrected chi connectivity index (χ4v) is 2.85. The van der Waals surface area contributed by atoms with Gasteiger partial charge in [-0.3, -0.25) is 4.99 Å². The molecule has 1 aliphatic heterocycles. The van der Waals surface area contributed by atoms with E-state index < -0.39 is 11.7 Å². The van der Waals surface area contributed by atoms with Crippen molar-refractivity contribution >= 4 is 36.0 Å². The van der Waals surface area contributed by atoms with Gasteiger partial charge in [0.25, 0.3) is 0 Å². The van der Waals surface area contributed by atoms with E-state index in [-0.39, 0.29) is 24.0 Å². The Morgan fingerprint density at radius 3 is 2.46 bits per heavy atom. The van der Waals surface area contributed by atoms with E-state index in [4.69, 9.17) is 4.74 Å². The van der Waals surface area contributed by atoms with Crippen molar-refractivity contribution in [3.05, 3.63) is 0 Å². The van der Waals surface area contributed by atoms with Crippen LogP contribution in [0.1, 0.15) is 47.5 Å². The molecule has 1 rings (SSSR count). The van der Waals surface area contributed by atoms with Crippen molar-refractivity contribution in [1.29, 1.82) is 0 Å². The zero-order valence-electron chi connectivity index (χ0n) is 17.2. The van der Waals surface area contributed by atoms with Crippen LogP contribution in [0, 0.1) is 5.92 Å². The van der Waals surface area contributed by atoms with Gasteiger partial charge in [0.15, 0.2) is 5.96 Å². The highest BCUT2D eigenvalue weighted by Crippen LogP contribution is 2.17. The highest BCUT2D eigenvalue weighted by atomic mass is 127. The molecule has 1 unspecified atom stereocenters. The number of rotatable bonds is 6. The third kappa shape index (κ3) is 11.1. The highest BCUT2D eigenvalue weighted by Gasteiger charge is 2.21. The Morgan fingerprint density at radius 1 is 1.23 bits per heavy atom. The molecule has 0 aromatic rings. The van der Waals surface area contributed by atoms with Gasteiger partial charge in [0.2, 0.25) is 0 Å². The van der Waals surface area contributed by atoms with Crippen LogP contribution in [0.5, 0.6) is 0 Å². The van der Waals surface area contributed by atoms with Gasteiger partial charge < -0.3 is 25.6 Å². The maximum absolute atomic E-state index is 11.6. The van der Waals surface area contributed by atoms with Gasteiger partial charge in [-0.2, -0.15) is 0 Å². The molecule has 0 radical (unpaired) electrons.